The van der Waals surface area contributed by atoms with E-state index in [0.717, 1.165) is 11.3 Å². The maximum absolute atomic E-state index is 14.0. The van der Waals surface area contributed by atoms with Gasteiger partial charge in [0.25, 0.3) is 0 Å². The summed E-state index contributed by atoms with van der Waals surface area (Å²) >= 11 is 0. The van der Waals surface area contributed by atoms with E-state index in [0.29, 0.717) is 12.0 Å². The molecule has 4 rings (SSSR count). The lowest BCUT2D eigenvalue weighted by Crippen LogP contribution is -2.31. The largest absolute Gasteiger partial charge is 0.343 e. The second-order valence-corrected chi connectivity index (χ2v) is 6.58. The van der Waals surface area contributed by atoms with Crippen molar-refractivity contribution in [2.45, 2.75) is 18.4 Å². The Hall–Kier alpha value is -3.01. The third-order valence-corrected chi connectivity index (χ3v) is 4.83. The van der Waals surface area contributed by atoms with Crippen LogP contribution in [0.5, 0.6) is 0 Å². The minimum Gasteiger partial charge on any atom is -0.343 e. The van der Waals surface area contributed by atoms with Gasteiger partial charge in [-0.25, -0.2) is 4.39 Å². The van der Waals surface area contributed by atoms with Crippen molar-refractivity contribution in [3.05, 3.63) is 102 Å². The van der Waals surface area contributed by atoms with Gasteiger partial charge in [0, 0.05) is 12.1 Å². The SMILES string of the molecule is O=C(N[C@H](c1ccccc1)c1ccccn1)[C@@H]1C[C@@H]1c1ccccc1F. The van der Waals surface area contributed by atoms with Gasteiger partial charge in [-0.3, -0.25) is 9.78 Å². The predicted octanol–water partition coefficient (Wildman–Crippen LogP) is 4.23. The molecule has 1 fully saturated rings. The molecule has 1 amide bonds. The maximum Gasteiger partial charge on any atom is 0.224 e. The average molecular weight is 346 g/mol. The average Bonchev–Trinajstić information content (AvgIpc) is 3.48. The fourth-order valence-corrected chi connectivity index (χ4v) is 3.37. The van der Waals surface area contributed by atoms with Gasteiger partial charge < -0.3 is 5.32 Å². The maximum atomic E-state index is 14.0. The highest BCUT2D eigenvalue weighted by Crippen LogP contribution is 2.48. The van der Waals surface area contributed by atoms with Gasteiger partial charge in [0.2, 0.25) is 5.91 Å². The van der Waals surface area contributed by atoms with E-state index in [9.17, 15) is 9.18 Å². The van der Waals surface area contributed by atoms with Crippen LogP contribution < -0.4 is 5.32 Å². The molecule has 0 radical (unpaired) electrons. The number of pyridine rings is 1. The molecule has 3 nitrogen and oxygen atoms in total. The van der Waals surface area contributed by atoms with Crippen LogP contribution in [0, 0.1) is 11.7 Å². The van der Waals surface area contributed by atoms with Crippen molar-refractivity contribution in [3.8, 4) is 0 Å². The zero-order chi connectivity index (χ0) is 17.9. The lowest BCUT2D eigenvalue weighted by Gasteiger charge is -2.19. The van der Waals surface area contributed by atoms with Crippen LogP contribution in [0.2, 0.25) is 0 Å². The van der Waals surface area contributed by atoms with Crippen LogP contribution in [0.3, 0.4) is 0 Å². The third-order valence-electron chi connectivity index (χ3n) is 4.83. The van der Waals surface area contributed by atoms with E-state index in [1.54, 1.807) is 18.3 Å². The lowest BCUT2D eigenvalue weighted by molar-refractivity contribution is -0.122. The Morgan fingerprint density at radius 3 is 2.46 bits per heavy atom. The minimum atomic E-state index is -0.313. The molecular formula is C22H19FN2O. The topological polar surface area (TPSA) is 42.0 Å². The summed E-state index contributed by atoms with van der Waals surface area (Å²) in [6.45, 7) is 0. The number of halogens is 1. The summed E-state index contributed by atoms with van der Waals surface area (Å²) in [4.78, 5) is 17.2. The highest BCUT2D eigenvalue weighted by atomic mass is 19.1. The number of aromatic nitrogens is 1. The summed E-state index contributed by atoms with van der Waals surface area (Å²) in [7, 11) is 0. The van der Waals surface area contributed by atoms with Gasteiger partial charge in [0.15, 0.2) is 0 Å². The zero-order valence-electron chi connectivity index (χ0n) is 14.2. The number of hydrogen-bond donors (Lipinski definition) is 1. The van der Waals surface area contributed by atoms with Crippen molar-refractivity contribution in [3.63, 3.8) is 0 Å². The molecule has 2 aromatic carbocycles. The summed E-state index contributed by atoms with van der Waals surface area (Å²) < 4.78 is 14.0. The van der Waals surface area contributed by atoms with Gasteiger partial charge >= 0.3 is 0 Å². The first kappa shape index (κ1) is 16.5. The molecule has 0 spiro atoms. The third kappa shape index (κ3) is 3.36. The lowest BCUT2D eigenvalue weighted by atomic mass is 10.0. The van der Waals surface area contributed by atoms with Gasteiger partial charge in [-0.1, -0.05) is 54.6 Å². The summed E-state index contributed by atoms with van der Waals surface area (Å²) in [6.07, 6.45) is 2.40. The van der Waals surface area contributed by atoms with Crippen molar-refractivity contribution in [2.75, 3.05) is 0 Å². The minimum absolute atomic E-state index is 0.0450. The molecule has 0 bridgehead atoms. The summed E-state index contributed by atoms with van der Waals surface area (Å²) in [6, 6.07) is 21.8. The highest BCUT2D eigenvalue weighted by Gasteiger charge is 2.45. The van der Waals surface area contributed by atoms with Crippen LogP contribution in [0.1, 0.15) is 35.2 Å². The molecule has 130 valence electrons. The van der Waals surface area contributed by atoms with Crippen LogP contribution in [-0.4, -0.2) is 10.9 Å². The van der Waals surface area contributed by atoms with Crippen molar-refractivity contribution < 1.29 is 9.18 Å². The number of rotatable bonds is 5. The Balaban J connectivity index is 1.54. The summed E-state index contributed by atoms with van der Waals surface area (Å²) in [5.74, 6) is -0.534. The van der Waals surface area contributed by atoms with Gasteiger partial charge in [0.1, 0.15) is 5.82 Å². The molecule has 0 saturated heterocycles. The van der Waals surface area contributed by atoms with E-state index >= 15 is 0 Å². The molecule has 1 heterocycles. The zero-order valence-corrected chi connectivity index (χ0v) is 14.2. The van der Waals surface area contributed by atoms with E-state index in [1.165, 1.54) is 6.07 Å². The number of carbonyl (C=O) groups is 1. The number of nitrogens with zero attached hydrogens (tertiary/aromatic N) is 1. The Morgan fingerprint density at radius 2 is 1.73 bits per heavy atom. The molecule has 1 N–H and O–H groups in total. The van der Waals surface area contributed by atoms with Gasteiger partial charge in [0.05, 0.1) is 11.7 Å². The van der Waals surface area contributed by atoms with Crippen molar-refractivity contribution in [2.24, 2.45) is 5.92 Å². The normalized spacial score (nSPS) is 19.6. The van der Waals surface area contributed by atoms with Crippen LogP contribution in [0.15, 0.2) is 79.0 Å². The first-order valence-corrected chi connectivity index (χ1v) is 8.74. The first-order valence-electron chi connectivity index (χ1n) is 8.74. The van der Waals surface area contributed by atoms with Crippen LogP contribution in [0.25, 0.3) is 0 Å². The fourth-order valence-electron chi connectivity index (χ4n) is 3.37. The smallest absolute Gasteiger partial charge is 0.224 e. The van der Waals surface area contributed by atoms with Crippen molar-refractivity contribution in [1.82, 2.24) is 10.3 Å². The molecule has 26 heavy (non-hydrogen) atoms. The number of amides is 1. The van der Waals surface area contributed by atoms with E-state index < -0.39 is 0 Å². The second kappa shape index (κ2) is 7.08. The monoisotopic (exact) mass is 346 g/mol. The quantitative estimate of drug-likeness (QED) is 0.751. The van der Waals surface area contributed by atoms with Crippen LogP contribution >= 0.6 is 0 Å². The highest BCUT2D eigenvalue weighted by molar-refractivity contribution is 5.83. The van der Waals surface area contributed by atoms with E-state index in [4.69, 9.17) is 0 Å². The molecule has 0 unspecified atom stereocenters. The summed E-state index contributed by atoms with van der Waals surface area (Å²) in [5, 5.41) is 3.11. The Labute approximate surface area is 151 Å². The number of nitrogens with one attached hydrogen (secondary N) is 1. The first-order chi connectivity index (χ1) is 12.7. The van der Waals surface area contributed by atoms with Crippen molar-refractivity contribution in [1.29, 1.82) is 0 Å². The molecule has 4 heteroatoms. The molecular weight excluding hydrogens is 327 g/mol. The molecule has 0 aliphatic heterocycles. The standard InChI is InChI=1S/C22H19FN2O/c23-19-11-5-4-10-16(19)17-14-18(17)22(26)25-21(15-8-2-1-3-9-15)20-12-6-7-13-24-20/h1-13,17-18,21H,14H2,(H,25,26)/t17-,18-,21-/m1/s1. The molecule has 1 aromatic heterocycles. The Bertz CT molecular complexity index is 859. The molecule has 3 aromatic rings. The summed E-state index contributed by atoms with van der Waals surface area (Å²) in [5.41, 5.74) is 2.39. The van der Waals surface area contributed by atoms with Crippen LogP contribution in [-0.2, 0) is 4.79 Å². The van der Waals surface area contributed by atoms with Gasteiger partial charge in [-0.15, -0.1) is 0 Å². The fraction of sp³-hybridized carbons (Fsp3) is 0.182. The molecule has 1 aliphatic rings. The number of hydrogen-bond acceptors (Lipinski definition) is 2. The van der Waals surface area contributed by atoms with Gasteiger partial charge in [-0.2, -0.15) is 0 Å². The second-order valence-electron chi connectivity index (χ2n) is 6.58. The molecule has 1 aliphatic carbocycles. The van der Waals surface area contributed by atoms with Crippen molar-refractivity contribution >= 4 is 5.91 Å². The Kier molecular flexibility index (Phi) is 4.48. The predicted molar refractivity (Wildman–Crippen MR) is 97.9 cm³/mol. The van der Waals surface area contributed by atoms with Crippen LogP contribution in [0.4, 0.5) is 4.39 Å². The molecule has 3 atom stereocenters. The van der Waals surface area contributed by atoms with E-state index in [-0.39, 0.29) is 29.6 Å². The van der Waals surface area contributed by atoms with Gasteiger partial charge in [-0.05, 0) is 41.7 Å². The number of benzene rings is 2. The van der Waals surface area contributed by atoms with E-state index in [1.807, 2.05) is 54.6 Å². The Morgan fingerprint density at radius 1 is 1.00 bits per heavy atom. The number of carbonyl (C=O) groups excluding carboxylic acids is 1. The molecule has 1 saturated carbocycles. The van der Waals surface area contributed by atoms with E-state index in [2.05, 4.69) is 10.3 Å².